The minimum absolute atomic E-state index is 0. The van der Waals surface area contributed by atoms with Crippen molar-refractivity contribution in [2.24, 2.45) is 5.73 Å². The second-order valence-electron chi connectivity index (χ2n) is 4.05. The molecule has 8 heteroatoms. The Balaban J connectivity index is 0.00000441. The first-order valence-corrected chi connectivity index (χ1v) is 6.07. The molecule has 22 heavy (non-hydrogen) atoms. The van der Waals surface area contributed by atoms with E-state index in [4.69, 9.17) is 20.8 Å². The third-order valence-electron chi connectivity index (χ3n) is 2.36. The Morgan fingerprint density at radius 1 is 1.50 bits per heavy atom. The molecule has 0 aliphatic rings. The predicted molar refractivity (Wildman–Crippen MR) is 82.4 cm³/mol. The molecule has 0 bridgehead atoms. The van der Waals surface area contributed by atoms with Crippen LogP contribution in [0.1, 0.15) is 18.1 Å². The fraction of sp³-hybridized carbons (Fsp3) is 0.214. The van der Waals surface area contributed by atoms with Gasteiger partial charge in [-0.1, -0.05) is 0 Å². The fourth-order valence-electron chi connectivity index (χ4n) is 1.51. The van der Waals surface area contributed by atoms with Crippen LogP contribution in [0.25, 0.3) is 6.08 Å². The highest BCUT2D eigenvalue weighted by molar-refractivity contribution is 5.96. The molecule has 7 nitrogen and oxygen atoms in total. The lowest BCUT2D eigenvalue weighted by Gasteiger charge is -2.10. The van der Waals surface area contributed by atoms with Gasteiger partial charge in [0.15, 0.2) is 0 Å². The molecule has 4 N–H and O–H groups in total. The number of halogens is 1. The number of hydrogen-bond donors (Lipinski definition) is 3. The highest BCUT2D eigenvalue weighted by Gasteiger charge is 2.11. The maximum absolute atomic E-state index is 11.1. The van der Waals surface area contributed by atoms with Crippen LogP contribution in [-0.4, -0.2) is 30.1 Å². The Morgan fingerprint density at radius 2 is 2.18 bits per heavy atom. The summed E-state index contributed by atoms with van der Waals surface area (Å²) in [6.45, 7) is 1.71. The van der Waals surface area contributed by atoms with Gasteiger partial charge >= 0.3 is 5.97 Å². The minimum atomic E-state index is -1.28. The van der Waals surface area contributed by atoms with Crippen LogP contribution in [0.3, 0.4) is 0 Å². The number of rotatable bonds is 6. The number of carboxylic acids is 1. The molecule has 118 valence electrons. The molecule has 0 saturated heterocycles. The van der Waals surface area contributed by atoms with Crippen LogP contribution >= 0.6 is 12.4 Å². The number of nitriles is 1. The SMILES string of the molecule is CC(=O)NC(=Cc1ccc(C#N)cc1OCCN)C(=O)O.Cl. The molecule has 0 atom stereocenters. The van der Waals surface area contributed by atoms with Crippen LogP contribution in [-0.2, 0) is 9.59 Å². The van der Waals surface area contributed by atoms with Gasteiger partial charge < -0.3 is 20.9 Å². The lowest BCUT2D eigenvalue weighted by molar-refractivity contribution is -0.134. The number of carbonyl (C=O) groups is 2. The maximum atomic E-state index is 11.1. The Hall–Kier alpha value is -2.56. The van der Waals surface area contributed by atoms with Gasteiger partial charge in [-0.05, 0) is 24.3 Å². The summed E-state index contributed by atoms with van der Waals surface area (Å²) in [6.07, 6.45) is 1.26. The summed E-state index contributed by atoms with van der Waals surface area (Å²) in [5.41, 5.74) is 5.86. The number of nitrogens with one attached hydrogen (secondary N) is 1. The molecule has 0 spiro atoms. The summed E-state index contributed by atoms with van der Waals surface area (Å²) in [4.78, 5) is 22.1. The Bertz CT molecular complexity index is 623. The molecule has 0 aliphatic heterocycles. The van der Waals surface area contributed by atoms with Crippen molar-refractivity contribution in [1.82, 2.24) is 5.32 Å². The third-order valence-corrected chi connectivity index (χ3v) is 2.36. The highest BCUT2D eigenvalue weighted by atomic mass is 35.5. The standard InChI is InChI=1S/C14H15N3O4.ClH/c1-9(18)17-12(14(19)20)7-11-3-2-10(8-16)6-13(11)21-5-4-15;/h2-3,6-7H,4-5,15H2,1H3,(H,17,18)(H,19,20);1H. The van der Waals surface area contributed by atoms with Crippen molar-refractivity contribution in [1.29, 1.82) is 5.26 Å². The van der Waals surface area contributed by atoms with Crippen LogP contribution in [0.15, 0.2) is 23.9 Å². The summed E-state index contributed by atoms with van der Waals surface area (Å²) in [7, 11) is 0. The number of benzene rings is 1. The van der Waals surface area contributed by atoms with Gasteiger partial charge in [0.1, 0.15) is 18.1 Å². The van der Waals surface area contributed by atoms with Gasteiger partial charge in [0.25, 0.3) is 0 Å². The molecule has 0 radical (unpaired) electrons. The first kappa shape index (κ1) is 19.4. The molecular weight excluding hydrogens is 310 g/mol. The summed E-state index contributed by atoms with van der Waals surface area (Å²) >= 11 is 0. The second-order valence-corrected chi connectivity index (χ2v) is 4.05. The number of nitrogens with zero attached hydrogens (tertiary/aromatic N) is 1. The van der Waals surface area contributed by atoms with E-state index in [-0.39, 0.29) is 31.3 Å². The van der Waals surface area contributed by atoms with E-state index in [9.17, 15) is 9.59 Å². The smallest absolute Gasteiger partial charge is 0.352 e. The number of hydrogen-bond acceptors (Lipinski definition) is 5. The van der Waals surface area contributed by atoms with Crippen molar-refractivity contribution < 1.29 is 19.4 Å². The zero-order chi connectivity index (χ0) is 15.8. The lowest BCUT2D eigenvalue weighted by Crippen LogP contribution is -2.24. The van der Waals surface area contributed by atoms with Crippen molar-refractivity contribution in [3.63, 3.8) is 0 Å². The van der Waals surface area contributed by atoms with Gasteiger partial charge in [0.05, 0.1) is 11.6 Å². The molecule has 1 aromatic rings. The largest absolute Gasteiger partial charge is 0.492 e. The molecule has 1 aromatic carbocycles. The van der Waals surface area contributed by atoms with Crippen LogP contribution in [0.2, 0.25) is 0 Å². The monoisotopic (exact) mass is 325 g/mol. The molecule has 0 fully saturated rings. The first-order valence-electron chi connectivity index (χ1n) is 6.07. The van der Waals surface area contributed by atoms with Crippen LogP contribution in [0.4, 0.5) is 0 Å². The van der Waals surface area contributed by atoms with E-state index < -0.39 is 11.9 Å². The fourth-order valence-corrected chi connectivity index (χ4v) is 1.51. The highest BCUT2D eigenvalue weighted by Crippen LogP contribution is 2.22. The number of nitrogens with two attached hydrogens (primary N) is 1. The third kappa shape index (κ3) is 5.83. The zero-order valence-electron chi connectivity index (χ0n) is 11.8. The average molecular weight is 326 g/mol. The van der Waals surface area contributed by atoms with Crippen molar-refractivity contribution >= 4 is 30.4 Å². The molecular formula is C14H16ClN3O4. The van der Waals surface area contributed by atoms with Crippen LogP contribution in [0, 0.1) is 11.3 Å². The van der Waals surface area contributed by atoms with E-state index >= 15 is 0 Å². The molecule has 0 aliphatic carbocycles. The van der Waals surface area contributed by atoms with Crippen molar-refractivity contribution in [2.45, 2.75) is 6.92 Å². The summed E-state index contributed by atoms with van der Waals surface area (Å²) in [5, 5.41) is 20.1. The number of ether oxygens (including phenoxy) is 1. The van der Waals surface area contributed by atoms with Gasteiger partial charge in [-0.15, -0.1) is 12.4 Å². The van der Waals surface area contributed by atoms with E-state index in [2.05, 4.69) is 5.32 Å². The van der Waals surface area contributed by atoms with Gasteiger partial charge in [-0.25, -0.2) is 4.79 Å². The molecule has 0 aromatic heterocycles. The Morgan fingerprint density at radius 3 is 2.68 bits per heavy atom. The van der Waals surface area contributed by atoms with E-state index in [0.29, 0.717) is 16.9 Å². The molecule has 0 saturated carbocycles. The van der Waals surface area contributed by atoms with Gasteiger partial charge in [-0.2, -0.15) is 5.26 Å². The van der Waals surface area contributed by atoms with Crippen molar-refractivity contribution in [2.75, 3.05) is 13.2 Å². The number of carbonyl (C=O) groups excluding carboxylic acids is 1. The molecule has 0 heterocycles. The quantitative estimate of drug-likeness (QED) is 0.666. The van der Waals surface area contributed by atoms with E-state index in [1.807, 2.05) is 6.07 Å². The molecule has 1 amide bonds. The number of carboxylic acid groups (broad SMARTS) is 1. The van der Waals surface area contributed by atoms with Gasteiger partial charge in [0.2, 0.25) is 5.91 Å². The topological polar surface area (TPSA) is 125 Å². The van der Waals surface area contributed by atoms with E-state index in [1.165, 1.54) is 31.2 Å². The van der Waals surface area contributed by atoms with E-state index in [0.717, 1.165) is 0 Å². The number of amides is 1. The number of aliphatic carboxylic acids is 1. The summed E-state index contributed by atoms with van der Waals surface area (Å²) in [5.74, 6) is -1.45. The summed E-state index contributed by atoms with van der Waals surface area (Å²) in [6, 6.07) is 6.50. The normalized spacial score (nSPS) is 10.1. The Labute approximate surface area is 133 Å². The molecule has 1 rings (SSSR count). The van der Waals surface area contributed by atoms with Gasteiger partial charge in [-0.3, -0.25) is 4.79 Å². The van der Waals surface area contributed by atoms with Gasteiger partial charge in [0, 0.05) is 19.0 Å². The maximum Gasteiger partial charge on any atom is 0.352 e. The zero-order valence-corrected chi connectivity index (χ0v) is 12.6. The lowest BCUT2D eigenvalue weighted by atomic mass is 10.1. The Kier molecular flexibility index (Phi) is 8.30. The average Bonchev–Trinajstić information content (AvgIpc) is 2.44. The van der Waals surface area contributed by atoms with Crippen molar-refractivity contribution in [3.05, 3.63) is 35.0 Å². The van der Waals surface area contributed by atoms with Crippen LogP contribution < -0.4 is 15.8 Å². The first-order chi connectivity index (χ1) is 9.97. The second kappa shape index (κ2) is 9.39. The van der Waals surface area contributed by atoms with Crippen molar-refractivity contribution in [3.8, 4) is 11.8 Å². The predicted octanol–water partition coefficient (Wildman–Crippen LogP) is 0.879. The van der Waals surface area contributed by atoms with Crippen LogP contribution in [0.5, 0.6) is 5.75 Å². The minimum Gasteiger partial charge on any atom is -0.492 e. The molecule has 0 unspecified atom stereocenters. The summed E-state index contributed by atoms with van der Waals surface area (Å²) < 4.78 is 5.39. The van der Waals surface area contributed by atoms with E-state index in [1.54, 1.807) is 0 Å².